The second-order valence-electron chi connectivity index (χ2n) is 6.41. The highest BCUT2D eigenvalue weighted by Crippen LogP contribution is 2.30. The molecule has 0 spiro atoms. The normalized spacial score (nSPS) is 10.9. The predicted molar refractivity (Wildman–Crippen MR) is 122 cm³/mol. The highest BCUT2D eigenvalue weighted by Gasteiger charge is 2.16. The van der Waals surface area contributed by atoms with Crippen molar-refractivity contribution in [3.63, 3.8) is 0 Å². The summed E-state index contributed by atoms with van der Waals surface area (Å²) in [7, 11) is 2.91. The maximum absolute atomic E-state index is 12.5. The summed E-state index contributed by atoms with van der Waals surface area (Å²) < 4.78 is 15.7. The Balaban J connectivity index is 2.25. The van der Waals surface area contributed by atoms with Crippen LogP contribution in [0.1, 0.15) is 11.1 Å². The van der Waals surface area contributed by atoms with Crippen LogP contribution in [0.15, 0.2) is 66.3 Å². The number of rotatable bonds is 9. The minimum absolute atomic E-state index is 0.0742. The summed E-state index contributed by atoms with van der Waals surface area (Å²) in [5.41, 5.74) is 0.774. The highest BCUT2D eigenvalue weighted by molar-refractivity contribution is 6.02. The smallest absolute Gasteiger partial charge is 0.354 e. The number of nitrogens with zero attached hydrogens (tertiary/aromatic N) is 2. The largest absolute Gasteiger partial charge is 0.497 e. The van der Waals surface area contributed by atoms with E-state index in [-0.39, 0.29) is 29.2 Å². The van der Waals surface area contributed by atoms with Crippen molar-refractivity contribution in [1.82, 2.24) is 5.32 Å². The average Bonchev–Trinajstić information content (AvgIpc) is 2.85. The Morgan fingerprint density at radius 2 is 1.58 bits per heavy atom. The molecule has 0 saturated heterocycles. The quantitative estimate of drug-likeness (QED) is 0.207. The number of nitriles is 2. The third kappa shape index (κ3) is 6.84. The molecule has 0 aliphatic rings. The van der Waals surface area contributed by atoms with E-state index >= 15 is 0 Å². The van der Waals surface area contributed by atoms with E-state index in [0.717, 1.165) is 0 Å². The van der Waals surface area contributed by atoms with Crippen LogP contribution in [-0.4, -0.2) is 32.6 Å². The fraction of sp³-hybridized carbons (Fsp3) is 0.120. The molecule has 0 saturated carbocycles. The van der Waals surface area contributed by atoms with E-state index in [2.05, 4.69) is 11.9 Å². The van der Waals surface area contributed by atoms with Crippen molar-refractivity contribution in [2.75, 3.05) is 20.8 Å². The summed E-state index contributed by atoms with van der Waals surface area (Å²) in [5, 5.41) is 21.2. The van der Waals surface area contributed by atoms with Crippen LogP contribution in [0.3, 0.4) is 0 Å². The molecular formula is C25H21N3O5. The summed E-state index contributed by atoms with van der Waals surface area (Å²) in [4.78, 5) is 24.5. The zero-order chi connectivity index (χ0) is 24.2. The minimum Gasteiger partial charge on any atom is -0.497 e. The lowest BCUT2D eigenvalue weighted by atomic mass is 10.1. The van der Waals surface area contributed by atoms with Crippen LogP contribution in [-0.2, 0) is 9.59 Å². The topological polar surface area (TPSA) is 121 Å². The van der Waals surface area contributed by atoms with E-state index in [9.17, 15) is 20.1 Å². The van der Waals surface area contributed by atoms with Gasteiger partial charge in [-0.05, 0) is 47.5 Å². The van der Waals surface area contributed by atoms with Crippen LogP contribution in [0.25, 0.3) is 12.2 Å². The van der Waals surface area contributed by atoms with E-state index in [1.807, 2.05) is 12.1 Å². The SMILES string of the molecule is C=CCNC(=O)C(C#N)=Cc1ccc(OC(=O)C(C#N)=Cc2ccc(OC)cc2)c(OC)c1. The Hall–Kier alpha value is -4.82. The maximum atomic E-state index is 12.5. The number of nitrogens with one attached hydrogen (secondary N) is 1. The molecule has 1 N–H and O–H groups in total. The summed E-state index contributed by atoms with van der Waals surface area (Å²) >= 11 is 0. The van der Waals surface area contributed by atoms with Crippen molar-refractivity contribution in [2.45, 2.75) is 0 Å². The molecule has 0 heterocycles. The number of benzene rings is 2. The Kier molecular flexibility index (Phi) is 8.99. The number of esters is 1. The minimum atomic E-state index is -0.864. The first kappa shape index (κ1) is 24.4. The van der Waals surface area contributed by atoms with Gasteiger partial charge in [0, 0.05) is 6.54 Å². The number of carbonyl (C=O) groups excluding carboxylic acids is 2. The number of hydrogen-bond donors (Lipinski definition) is 1. The van der Waals surface area contributed by atoms with Crippen LogP contribution in [0.5, 0.6) is 17.2 Å². The molecule has 2 aromatic carbocycles. The lowest BCUT2D eigenvalue weighted by molar-refractivity contribution is -0.129. The van der Waals surface area contributed by atoms with Gasteiger partial charge in [0.1, 0.15) is 29.0 Å². The lowest BCUT2D eigenvalue weighted by Crippen LogP contribution is -2.24. The van der Waals surface area contributed by atoms with Crippen LogP contribution >= 0.6 is 0 Å². The summed E-state index contributed by atoms with van der Waals surface area (Å²) in [5.74, 6) is -0.511. The summed E-state index contributed by atoms with van der Waals surface area (Å²) in [6, 6.07) is 15.0. The molecule has 166 valence electrons. The first-order chi connectivity index (χ1) is 15.9. The van der Waals surface area contributed by atoms with Gasteiger partial charge in [0.15, 0.2) is 11.5 Å². The molecule has 0 atom stereocenters. The maximum Gasteiger partial charge on any atom is 0.354 e. The zero-order valence-corrected chi connectivity index (χ0v) is 18.1. The first-order valence-electron chi connectivity index (χ1n) is 9.62. The summed E-state index contributed by atoms with van der Waals surface area (Å²) in [6.07, 6.45) is 4.26. The first-order valence-corrected chi connectivity index (χ1v) is 9.62. The predicted octanol–water partition coefficient (Wildman–Crippen LogP) is 3.43. The van der Waals surface area contributed by atoms with Gasteiger partial charge in [-0.25, -0.2) is 4.79 Å². The fourth-order valence-corrected chi connectivity index (χ4v) is 2.59. The van der Waals surface area contributed by atoms with Crippen molar-refractivity contribution in [3.05, 3.63) is 77.4 Å². The monoisotopic (exact) mass is 443 g/mol. The zero-order valence-electron chi connectivity index (χ0n) is 18.1. The molecule has 0 bridgehead atoms. The molecule has 0 aliphatic carbocycles. The van der Waals surface area contributed by atoms with Crippen LogP contribution in [0, 0.1) is 22.7 Å². The van der Waals surface area contributed by atoms with Crippen molar-refractivity contribution in [2.24, 2.45) is 0 Å². The molecule has 2 rings (SSSR count). The Morgan fingerprint density at radius 3 is 2.15 bits per heavy atom. The fourth-order valence-electron chi connectivity index (χ4n) is 2.59. The van der Waals surface area contributed by atoms with Gasteiger partial charge < -0.3 is 19.5 Å². The van der Waals surface area contributed by atoms with Gasteiger partial charge in [-0.2, -0.15) is 10.5 Å². The summed E-state index contributed by atoms with van der Waals surface area (Å²) in [6.45, 7) is 3.73. The average molecular weight is 443 g/mol. The van der Waals surface area contributed by atoms with E-state index < -0.39 is 11.9 Å². The molecule has 2 aromatic rings. The van der Waals surface area contributed by atoms with Crippen LogP contribution < -0.4 is 19.5 Å². The molecule has 0 unspecified atom stereocenters. The third-order valence-corrected chi connectivity index (χ3v) is 4.24. The van der Waals surface area contributed by atoms with Gasteiger partial charge in [-0.1, -0.05) is 24.3 Å². The molecule has 0 radical (unpaired) electrons. The van der Waals surface area contributed by atoms with Crippen molar-refractivity contribution in [1.29, 1.82) is 10.5 Å². The Morgan fingerprint density at radius 1 is 0.939 bits per heavy atom. The highest BCUT2D eigenvalue weighted by atomic mass is 16.6. The second-order valence-corrected chi connectivity index (χ2v) is 6.41. The van der Waals surface area contributed by atoms with Gasteiger partial charge in [0.05, 0.1) is 14.2 Å². The molecule has 0 aromatic heterocycles. The van der Waals surface area contributed by atoms with Crippen LogP contribution in [0.2, 0.25) is 0 Å². The van der Waals surface area contributed by atoms with Crippen molar-refractivity contribution in [3.8, 4) is 29.4 Å². The van der Waals surface area contributed by atoms with Gasteiger partial charge in [-0.3, -0.25) is 4.79 Å². The number of ether oxygens (including phenoxy) is 3. The van der Waals surface area contributed by atoms with Gasteiger partial charge >= 0.3 is 5.97 Å². The van der Waals surface area contributed by atoms with Gasteiger partial charge in [-0.15, -0.1) is 6.58 Å². The lowest BCUT2D eigenvalue weighted by Gasteiger charge is -2.10. The number of methoxy groups -OCH3 is 2. The molecule has 0 aliphatic heterocycles. The number of hydrogen-bond acceptors (Lipinski definition) is 7. The van der Waals surface area contributed by atoms with E-state index in [4.69, 9.17) is 14.2 Å². The Labute approximate surface area is 191 Å². The molecule has 0 fully saturated rings. The Bertz CT molecular complexity index is 1180. The standard InChI is InChI=1S/C25H21N3O5/c1-4-11-28-24(29)19(15-26)13-18-7-10-22(23(14-18)32-3)33-25(30)20(16-27)12-17-5-8-21(31-2)9-6-17/h4-10,12-14H,1,11H2,2-3H3,(H,28,29). The van der Waals surface area contributed by atoms with Gasteiger partial charge in [0.2, 0.25) is 0 Å². The van der Waals surface area contributed by atoms with Crippen molar-refractivity contribution >= 4 is 24.0 Å². The molecule has 1 amide bonds. The van der Waals surface area contributed by atoms with E-state index in [1.54, 1.807) is 30.3 Å². The van der Waals surface area contributed by atoms with E-state index in [1.165, 1.54) is 44.6 Å². The number of carbonyl (C=O) groups is 2. The molecule has 8 heteroatoms. The number of amides is 1. The van der Waals surface area contributed by atoms with Crippen molar-refractivity contribution < 1.29 is 23.8 Å². The van der Waals surface area contributed by atoms with Gasteiger partial charge in [0.25, 0.3) is 5.91 Å². The molecule has 33 heavy (non-hydrogen) atoms. The van der Waals surface area contributed by atoms with E-state index in [0.29, 0.717) is 16.9 Å². The second kappa shape index (κ2) is 12.1. The third-order valence-electron chi connectivity index (χ3n) is 4.24. The molecular weight excluding hydrogens is 422 g/mol. The molecule has 8 nitrogen and oxygen atoms in total. The van der Waals surface area contributed by atoms with Crippen LogP contribution in [0.4, 0.5) is 0 Å².